The Kier molecular flexibility index (Phi) is 3.28. The van der Waals surface area contributed by atoms with Crippen LogP contribution in [0.4, 0.5) is 0 Å². The van der Waals surface area contributed by atoms with Gasteiger partial charge in [-0.2, -0.15) is 5.26 Å². The first-order chi connectivity index (χ1) is 6.06. The van der Waals surface area contributed by atoms with Gasteiger partial charge in [0.1, 0.15) is 0 Å². The van der Waals surface area contributed by atoms with Crippen LogP contribution < -0.4 is 0 Å². The molecule has 0 heterocycles. The molecule has 1 aromatic rings. The van der Waals surface area contributed by atoms with Crippen LogP contribution in [-0.4, -0.2) is 5.78 Å². The van der Waals surface area contributed by atoms with Gasteiger partial charge in [-0.1, -0.05) is 11.6 Å². The molecular formula is C9H5ClINO. The zero-order valence-corrected chi connectivity index (χ0v) is 9.68. The SMILES string of the molecule is CC(=O)c1cc(C#N)cc(Cl)c1I. The largest absolute Gasteiger partial charge is 0.294 e. The monoisotopic (exact) mass is 305 g/mol. The Bertz CT molecular complexity index is 409. The molecule has 0 aliphatic rings. The van der Waals surface area contributed by atoms with Gasteiger partial charge in [-0.05, 0) is 41.6 Å². The Hall–Kier alpha value is -0.600. The van der Waals surface area contributed by atoms with Crippen molar-refractivity contribution in [3.8, 4) is 6.07 Å². The number of hydrogen-bond donors (Lipinski definition) is 0. The van der Waals surface area contributed by atoms with Gasteiger partial charge in [0.05, 0.1) is 16.7 Å². The van der Waals surface area contributed by atoms with Crippen molar-refractivity contribution < 1.29 is 4.79 Å². The van der Waals surface area contributed by atoms with Gasteiger partial charge in [0.15, 0.2) is 5.78 Å². The summed E-state index contributed by atoms with van der Waals surface area (Å²) in [5.74, 6) is -0.0802. The van der Waals surface area contributed by atoms with Crippen LogP contribution >= 0.6 is 34.2 Å². The molecule has 4 heteroatoms. The van der Waals surface area contributed by atoms with Crippen LogP contribution in [0.1, 0.15) is 22.8 Å². The number of nitrogens with zero attached hydrogens (tertiary/aromatic N) is 1. The third-order valence-corrected chi connectivity index (χ3v) is 3.32. The molecule has 1 aromatic carbocycles. The molecule has 0 radical (unpaired) electrons. The van der Waals surface area contributed by atoms with Crippen molar-refractivity contribution in [1.82, 2.24) is 0 Å². The molecular weight excluding hydrogens is 300 g/mol. The van der Waals surface area contributed by atoms with Gasteiger partial charge in [0, 0.05) is 9.13 Å². The van der Waals surface area contributed by atoms with Crippen LogP contribution in [0.3, 0.4) is 0 Å². The molecule has 13 heavy (non-hydrogen) atoms. The molecule has 0 atom stereocenters. The van der Waals surface area contributed by atoms with E-state index in [9.17, 15) is 4.79 Å². The third-order valence-electron chi connectivity index (χ3n) is 1.54. The Morgan fingerprint density at radius 1 is 1.62 bits per heavy atom. The fraction of sp³-hybridized carbons (Fsp3) is 0.111. The summed E-state index contributed by atoms with van der Waals surface area (Å²) in [6.07, 6.45) is 0. The van der Waals surface area contributed by atoms with Gasteiger partial charge in [-0.25, -0.2) is 0 Å². The predicted molar refractivity (Wildman–Crippen MR) is 58.9 cm³/mol. The summed E-state index contributed by atoms with van der Waals surface area (Å²) in [6.45, 7) is 1.45. The van der Waals surface area contributed by atoms with Crippen LogP contribution in [0.2, 0.25) is 5.02 Å². The lowest BCUT2D eigenvalue weighted by Crippen LogP contribution is -1.97. The van der Waals surface area contributed by atoms with Gasteiger partial charge in [-0.3, -0.25) is 4.79 Å². The second kappa shape index (κ2) is 4.07. The lowest BCUT2D eigenvalue weighted by Gasteiger charge is -2.02. The Balaban J connectivity index is 3.44. The van der Waals surface area contributed by atoms with Crippen molar-refractivity contribution in [2.45, 2.75) is 6.92 Å². The first kappa shape index (κ1) is 10.5. The minimum absolute atomic E-state index is 0.0802. The number of hydrogen-bond acceptors (Lipinski definition) is 2. The minimum atomic E-state index is -0.0802. The first-order valence-electron chi connectivity index (χ1n) is 3.46. The Morgan fingerprint density at radius 2 is 2.23 bits per heavy atom. The number of ketones is 1. The van der Waals surface area contributed by atoms with Crippen molar-refractivity contribution >= 4 is 40.0 Å². The van der Waals surface area contributed by atoms with E-state index in [4.69, 9.17) is 16.9 Å². The van der Waals surface area contributed by atoms with Gasteiger partial charge in [0.2, 0.25) is 0 Å². The molecule has 0 fully saturated rings. The molecule has 0 N–H and O–H groups in total. The summed E-state index contributed by atoms with van der Waals surface area (Å²) < 4.78 is 0.700. The second-order valence-electron chi connectivity index (χ2n) is 2.49. The molecule has 0 saturated heterocycles. The smallest absolute Gasteiger partial charge is 0.160 e. The predicted octanol–water partition coefficient (Wildman–Crippen LogP) is 3.02. The van der Waals surface area contributed by atoms with Crippen LogP contribution in [-0.2, 0) is 0 Å². The second-order valence-corrected chi connectivity index (χ2v) is 3.97. The summed E-state index contributed by atoms with van der Waals surface area (Å²) in [5, 5.41) is 9.09. The highest BCUT2D eigenvalue weighted by Gasteiger charge is 2.10. The summed E-state index contributed by atoms with van der Waals surface area (Å²) in [5.41, 5.74) is 0.917. The number of nitriles is 1. The van der Waals surface area contributed by atoms with E-state index in [0.29, 0.717) is 19.7 Å². The van der Waals surface area contributed by atoms with E-state index in [2.05, 4.69) is 0 Å². The molecule has 1 rings (SSSR count). The van der Waals surface area contributed by atoms with Crippen molar-refractivity contribution in [3.05, 3.63) is 31.9 Å². The Labute approximate surface area is 94.6 Å². The molecule has 0 aliphatic carbocycles. The number of carbonyl (C=O) groups excluding carboxylic acids is 1. The fourth-order valence-corrected chi connectivity index (χ4v) is 1.82. The lowest BCUT2D eigenvalue weighted by molar-refractivity contribution is 0.101. The molecule has 0 saturated carbocycles. The Morgan fingerprint density at radius 3 is 2.69 bits per heavy atom. The van der Waals surface area contributed by atoms with Gasteiger partial charge in [-0.15, -0.1) is 0 Å². The van der Waals surface area contributed by atoms with E-state index in [-0.39, 0.29) is 5.78 Å². The average Bonchev–Trinajstić information content (AvgIpc) is 2.09. The normalized spacial score (nSPS) is 9.38. The summed E-state index contributed by atoms with van der Waals surface area (Å²) in [4.78, 5) is 11.1. The van der Waals surface area contributed by atoms with E-state index in [0.717, 1.165) is 0 Å². The van der Waals surface area contributed by atoms with Crippen LogP contribution in [0.15, 0.2) is 12.1 Å². The van der Waals surface area contributed by atoms with E-state index in [1.165, 1.54) is 6.92 Å². The van der Waals surface area contributed by atoms with Crippen molar-refractivity contribution in [2.24, 2.45) is 0 Å². The first-order valence-corrected chi connectivity index (χ1v) is 4.92. The van der Waals surface area contributed by atoms with Gasteiger partial charge < -0.3 is 0 Å². The molecule has 0 amide bonds. The molecule has 0 aromatic heterocycles. The van der Waals surface area contributed by atoms with Gasteiger partial charge >= 0.3 is 0 Å². The maximum atomic E-state index is 11.1. The molecule has 0 spiro atoms. The van der Waals surface area contributed by atoms with E-state index < -0.39 is 0 Å². The van der Waals surface area contributed by atoms with Crippen LogP contribution in [0, 0.1) is 14.9 Å². The average molecular weight is 306 g/mol. The topological polar surface area (TPSA) is 40.9 Å². The lowest BCUT2D eigenvalue weighted by atomic mass is 10.1. The number of Topliss-reactive ketones (excluding diaryl/α,β-unsaturated/α-hetero) is 1. The maximum Gasteiger partial charge on any atom is 0.160 e. The minimum Gasteiger partial charge on any atom is -0.294 e. The highest BCUT2D eigenvalue weighted by Crippen LogP contribution is 2.24. The number of carbonyl (C=O) groups is 1. The maximum absolute atomic E-state index is 11.1. The molecule has 0 aliphatic heterocycles. The quantitative estimate of drug-likeness (QED) is 0.591. The molecule has 0 unspecified atom stereocenters. The third kappa shape index (κ3) is 2.20. The number of halogens is 2. The van der Waals surface area contributed by atoms with Crippen LogP contribution in [0.25, 0.3) is 0 Å². The summed E-state index contributed by atoms with van der Waals surface area (Å²) >= 11 is 7.82. The number of benzene rings is 1. The van der Waals surface area contributed by atoms with E-state index >= 15 is 0 Å². The fourth-order valence-electron chi connectivity index (χ4n) is 0.910. The number of rotatable bonds is 1. The van der Waals surface area contributed by atoms with Gasteiger partial charge in [0.25, 0.3) is 0 Å². The van der Waals surface area contributed by atoms with Crippen molar-refractivity contribution in [3.63, 3.8) is 0 Å². The summed E-state index contributed by atoms with van der Waals surface area (Å²) in [7, 11) is 0. The highest BCUT2D eigenvalue weighted by molar-refractivity contribution is 14.1. The molecule has 2 nitrogen and oxygen atoms in total. The van der Waals surface area contributed by atoms with E-state index in [1.807, 2.05) is 28.7 Å². The van der Waals surface area contributed by atoms with E-state index in [1.54, 1.807) is 12.1 Å². The molecule has 66 valence electrons. The van der Waals surface area contributed by atoms with Crippen molar-refractivity contribution in [1.29, 1.82) is 5.26 Å². The van der Waals surface area contributed by atoms with Crippen molar-refractivity contribution in [2.75, 3.05) is 0 Å². The highest BCUT2D eigenvalue weighted by atomic mass is 127. The zero-order valence-electron chi connectivity index (χ0n) is 6.77. The molecule has 0 bridgehead atoms. The van der Waals surface area contributed by atoms with Crippen LogP contribution in [0.5, 0.6) is 0 Å². The standard InChI is InChI=1S/C9H5ClINO/c1-5(13)7-2-6(4-12)3-8(10)9(7)11/h2-3H,1H3. The summed E-state index contributed by atoms with van der Waals surface area (Å²) in [6, 6.07) is 5.05. The zero-order chi connectivity index (χ0) is 10.0.